The summed E-state index contributed by atoms with van der Waals surface area (Å²) >= 11 is 1.23. The molecule has 0 atom stereocenters. The van der Waals surface area contributed by atoms with Gasteiger partial charge in [0.2, 0.25) is 5.91 Å². The van der Waals surface area contributed by atoms with Gasteiger partial charge in [-0.3, -0.25) is 9.59 Å². The van der Waals surface area contributed by atoms with E-state index in [0.717, 1.165) is 12.8 Å². The number of rotatable bonds is 11. The Morgan fingerprint density at radius 2 is 1.78 bits per heavy atom. The second kappa shape index (κ2) is 11.9. The Kier molecular flexibility index (Phi) is 8.69. The summed E-state index contributed by atoms with van der Waals surface area (Å²) in [6.45, 7) is 2.06. The molecule has 2 aromatic carbocycles. The molecule has 0 spiro atoms. The number of esters is 1. The standard InChI is InChI=1S/C25H25NO5S/c1-2-6-18-10-12-19(13-11-18)22(27)16-31-25(29)21-8-3-4-9-23(21)32-17-24(28)26-15-20-7-5-14-30-20/h3-5,7-14H,2,6,15-17H2,1H3,(H,26,28). The first-order valence-electron chi connectivity index (χ1n) is 10.4. The number of benzene rings is 2. The van der Waals surface area contributed by atoms with Gasteiger partial charge in [0.15, 0.2) is 12.4 Å². The molecule has 0 saturated heterocycles. The Morgan fingerprint density at radius 1 is 1.00 bits per heavy atom. The van der Waals surface area contributed by atoms with Gasteiger partial charge in [-0.05, 0) is 36.2 Å². The molecule has 6 nitrogen and oxygen atoms in total. The quantitative estimate of drug-likeness (QED) is 0.259. The minimum atomic E-state index is -0.597. The van der Waals surface area contributed by atoms with Crippen LogP contribution >= 0.6 is 11.8 Å². The Hall–Kier alpha value is -3.32. The highest BCUT2D eigenvalue weighted by molar-refractivity contribution is 8.00. The summed E-state index contributed by atoms with van der Waals surface area (Å²) in [4.78, 5) is 37.6. The van der Waals surface area contributed by atoms with Crippen molar-refractivity contribution in [2.75, 3.05) is 12.4 Å². The third-order valence-electron chi connectivity index (χ3n) is 4.65. The van der Waals surface area contributed by atoms with Crippen LogP contribution in [-0.4, -0.2) is 30.0 Å². The summed E-state index contributed by atoms with van der Waals surface area (Å²) in [7, 11) is 0. The van der Waals surface area contributed by atoms with E-state index >= 15 is 0 Å². The van der Waals surface area contributed by atoms with Gasteiger partial charge in [0.1, 0.15) is 5.76 Å². The van der Waals surface area contributed by atoms with Crippen molar-refractivity contribution in [2.45, 2.75) is 31.2 Å². The van der Waals surface area contributed by atoms with Gasteiger partial charge in [0, 0.05) is 10.5 Å². The maximum absolute atomic E-state index is 12.6. The van der Waals surface area contributed by atoms with Crippen LogP contribution in [0.1, 0.15) is 45.4 Å². The Bertz CT molecular complexity index is 1040. The number of hydrogen-bond donors (Lipinski definition) is 1. The monoisotopic (exact) mass is 451 g/mol. The lowest BCUT2D eigenvalue weighted by Gasteiger charge is -2.09. The molecular weight excluding hydrogens is 426 g/mol. The van der Waals surface area contributed by atoms with Crippen molar-refractivity contribution in [2.24, 2.45) is 0 Å². The van der Waals surface area contributed by atoms with Gasteiger partial charge in [-0.1, -0.05) is 49.7 Å². The number of carbonyl (C=O) groups excluding carboxylic acids is 3. The van der Waals surface area contributed by atoms with Crippen molar-refractivity contribution in [3.05, 3.63) is 89.4 Å². The average Bonchev–Trinajstić information content (AvgIpc) is 3.34. The van der Waals surface area contributed by atoms with Crippen molar-refractivity contribution < 1.29 is 23.5 Å². The van der Waals surface area contributed by atoms with Crippen LogP contribution in [0.15, 0.2) is 76.2 Å². The van der Waals surface area contributed by atoms with Crippen LogP contribution in [0.2, 0.25) is 0 Å². The molecule has 0 aliphatic rings. The molecule has 3 aromatic rings. The van der Waals surface area contributed by atoms with Gasteiger partial charge < -0.3 is 14.5 Å². The van der Waals surface area contributed by atoms with Crippen LogP contribution in [0.5, 0.6) is 0 Å². The fourth-order valence-electron chi connectivity index (χ4n) is 2.99. The van der Waals surface area contributed by atoms with Crippen molar-refractivity contribution in [3.8, 4) is 0 Å². The second-order valence-corrected chi connectivity index (χ2v) is 8.10. The lowest BCUT2D eigenvalue weighted by Crippen LogP contribution is -2.24. The first kappa shape index (κ1) is 23.3. The first-order valence-corrected chi connectivity index (χ1v) is 11.4. The Labute approximate surface area is 191 Å². The smallest absolute Gasteiger partial charge is 0.339 e. The summed E-state index contributed by atoms with van der Waals surface area (Å²) in [6.07, 6.45) is 3.54. The summed E-state index contributed by atoms with van der Waals surface area (Å²) in [6, 6.07) is 17.7. The fraction of sp³-hybridized carbons (Fsp3) is 0.240. The molecule has 1 heterocycles. The number of furan rings is 1. The molecule has 166 valence electrons. The summed E-state index contributed by atoms with van der Waals surface area (Å²) in [5.74, 6) is -0.245. The molecule has 32 heavy (non-hydrogen) atoms. The summed E-state index contributed by atoms with van der Waals surface area (Å²) in [5, 5.41) is 2.76. The Morgan fingerprint density at radius 3 is 2.50 bits per heavy atom. The van der Waals surface area contributed by atoms with Gasteiger partial charge >= 0.3 is 5.97 Å². The van der Waals surface area contributed by atoms with E-state index < -0.39 is 5.97 Å². The van der Waals surface area contributed by atoms with Crippen molar-refractivity contribution >= 4 is 29.4 Å². The third-order valence-corrected chi connectivity index (χ3v) is 5.73. The average molecular weight is 452 g/mol. The number of ether oxygens (including phenoxy) is 1. The molecule has 0 aliphatic carbocycles. The van der Waals surface area contributed by atoms with Crippen LogP contribution in [0.4, 0.5) is 0 Å². The van der Waals surface area contributed by atoms with Gasteiger partial charge in [-0.25, -0.2) is 4.79 Å². The minimum absolute atomic E-state index is 0.133. The van der Waals surface area contributed by atoms with E-state index in [4.69, 9.17) is 9.15 Å². The largest absolute Gasteiger partial charge is 0.467 e. The molecule has 0 fully saturated rings. The lowest BCUT2D eigenvalue weighted by atomic mass is 10.1. The van der Waals surface area contributed by atoms with E-state index in [-0.39, 0.29) is 24.1 Å². The molecular formula is C25H25NO5S. The van der Waals surface area contributed by atoms with E-state index in [2.05, 4.69) is 12.2 Å². The zero-order valence-electron chi connectivity index (χ0n) is 17.8. The van der Waals surface area contributed by atoms with Gasteiger partial charge in [-0.2, -0.15) is 0 Å². The van der Waals surface area contributed by atoms with E-state index in [1.165, 1.54) is 17.3 Å². The number of thioether (sulfide) groups is 1. The van der Waals surface area contributed by atoms with Crippen molar-refractivity contribution in [1.29, 1.82) is 0 Å². The topological polar surface area (TPSA) is 85.6 Å². The van der Waals surface area contributed by atoms with Gasteiger partial charge in [0.05, 0.1) is 24.1 Å². The van der Waals surface area contributed by atoms with Crippen LogP contribution in [-0.2, 0) is 22.5 Å². The molecule has 1 aromatic heterocycles. The molecule has 1 N–H and O–H groups in total. The normalized spacial score (nSPS) is 10.5. The van der Waals surface area contributed by atoms with Gasteiger partial charge in [-0.15, -0.1) is 11.8 Å². The fourth-order valence-corrected chi connectivity index (χ4v) is 3.86. The number of amides is 1. The highest BCUT2D eigenvalue weighted by Crippen LogP contribution is 2.23. The number of hydrogen-bond acceptors (Lipinski definition) is 6. The maximum Gasteiger partial charge on any atom is 0.339 e. The zero-order valence-corrected chi connectivity index (χ0v) is 18.7. The van der Waals surface area contributed by atoms with Crippen molar-refractivity contribution in [3.63, 3.8) is 0 Å². The third kappa shape index (κ3) is 6.85. The van der Waals surface area contributed by atoms with Crippen LogP contribution in [0, 0.1) is 0 Å². The van der Waals surface area contributed by atoms with Crippen LogP contribution < -0.4 is 5.32 Å². The number of aryl methyl sites for hydroxylation is 1. The zero-order chi connectivity index (χ0) is 22.8. The number of nitrogens with one attached hydrogen (secondary N) is 1. The van der Waals surface area contributed by atoms with E-state index in [9.17, 15) is 14.4 Å². The van der Waals surface area contributed by atoms with Crippen LogP contribution in [0.25, 0.3) is 0 Å². The SMILES string of the molecule is CCCc1ccc(C(=O)COC(=O)c2ccccc2SCC(=O)NCc2ccco2)cc1. The first-order chi connectivity index (χ1) is 15.6. The molecule has 0 unspecified atom stereocenters. The second-order valence-electron chi connectivity index (χ2n) is 7.09. The van der Waals surface area contributed by atoms with E-state index in [1.54, 1.807) is 54.8 Å². The lowest BCUT2D eigenvalue weighted by molar-refractivity contribution is -0.118. The predicted octanol–water partition coefficient (Wildman–Crippen LogP) is 4.68. The highest BCUT2D eigenvalue weighted by atomic mass is 32.2. The number of carbonyl (C=O) groups is 3. The molecule has 0 bridgehead atoms. The number of ketones is 1. The molecule has 3 rings (SSSR count). The molecule has 7 heteroatoms. The predicted molar refractivity (Wildman–Crippen MR) is 123 cm³/mol. The molecule has 0 aliphatic heterocycles. The molecule has 1 amide bonds. The van der Waals surface area contributed by atoms with E-state index in [0.29, 0.717) is 28.3 Å². The summed E-state index contributed by atoms with van der Waals surface area (Å²) in [5.41, 5.74) is 2.00. The van der Waals surface area contributed by atoms with Crippen molar-refractivity contribution in [1.82, 2.24) is 5.32 Å². The number of Topliss-reactive ketones (excluding diaryl/α,β-unsaturated/α-hetero) is 1. The molecule has 0 radical (unpaired) electrons. The maximum atomic E-state index is 12.6. The minimum Gasteiger partial charge on any atom is -0.467 e. The Balaban J connectivity index is 1.51. The van der Waals surface area contributed by atoms with Gasteiger partial charge in [0.25, 0.3) is 0 Å². The van der Waals surface area contributed by atoms with Crippen LogP contribution in [0.3, 0.4) is 0 Å². The highest BCUT2D eigenvalue weighted by Gasteiger charge is 2.16. The summed E-state index contributed by atoms with van der Waals surface area (Å²) < 4.78 is 10.4. The van der Waals surface area contributed by atoms with E-state index in [1.807, 2.05) is 12.1 Å². The molecule has 0 saturated carbocycles.